The van der Waals surface area contributed by atoms with E-state index >= 15 is 0 Å². The third-order valence-electron chi connectivity index (χ3n) is 4.10. The molecule has 0 bridgehead atoms. The molecule has 0 aromatic heterocycles. The van der Waals surface area contributed by atoms with Gasteiger partial charge in [0.15, 0.2) is 0 Å². The molecule has 0 fully saturated rings. The van der Waals surface area contributed by atoms with Gasteiger partial charge in [-0.05, 0) is 32.0 Å². The van der Waals surface area contributed by atoms with Crippen LogP contribution in [0.25, 0.3) is 0 Å². The van der Waals surface area contributed by atoms with Crippen LogP contribution in [0.1, 0.15) is 18.1 Å². The lowest BCUT2D eigenvalue weighted by Crippen LogP contribution is -2.47. The van der Waals surface area contributed by atoms with E-state index in [1.807, 2.05) is 31.2 Å². The average molecular weight is 374 g/mol. The summed E-state index contributed by atoms with van der Waals surface area (Å²) >= 11 is 1.40. The molecule has 0 spiro atoms. The van der Waals surface area contributed by atoms with E-state index in [1.54, 1.807) is 25.1 Å². The van der Waals surface area contributed by atoms with Gasteiger partial charge >= 0.3 is 0 Å². The summed E-state index contributed by atoms with van der Waals surface area (Å²) < 4.78 is 14.0. The molecule has 6 heteroatoms. The number of amides is 2. The first-order valence-electron chi connectivity index (χ1n) is 8.36. The maximum Gasteiger partial charge on any atom is 0.242 e. The molecule has 26 heavy (non-hydrogen) atoms. The van der Waals surface area contributed by atoms with E-state index in [9.17, 15) is 14.0 Å². The molecular weight excluding hydrogens is 351 g/mol. The smallest absolute Gasteiger partial charge is 0.242 e. The van der Waals surface area contributed by atoms with Crippen molar-refractivity contribution in [2.45, 2.75) is 31.3 Å². The largest absolute Gasteiger partial charge is 0.357 e. The second-order valence-electron chi connectivity index (χ2n) is 6.01. The summed E-state index contributed by atoms with van der Waals surface area (Å²) in [5.41, 5.74) is 1.53. The summed E-state index contributed by atoms with van der Waals surface area (Å²) in [4.78, 5) is 27.2. The average Bonchev–Trinajstić information content (AvgIpc) is 2.65. The fraction of sp³-hybridized carbons (Fsp3) is 0.300. The lowest BCUT2D eigenvalue weighted by Gasteiger charge is -2.28. The molecule has 0 aliphatic carbocycles. The van der Waals surface area contributed by atoms with Crippen molar-refractivity contribution in [3.8, 4) is 0 Å². The Morgan fingerprint density at radius 2 is 1.81 bits per heavy atom. The first kappa shape index (κ1) is 20.0. The van der Waals surface area contributed by atoms with E-state index in [1.165, 1.54) is 29.8 Å². The van der Waals surface area contributed by atoms with Crippen molar-refractivity contribution in [2.75, 3.05) is 12.8 Å². The van der Waals surface area contributed by atoms with E-state index in [2.05, 4.69) is 5.32 Å². The molecule has 0 aliphatic heterocycles. The Labute approximate surface area is 157 Å². The molecule has 2 aromatic carbocycles. The molecule has 2 aromatic rings. The highest BCUT2D eigenvalue weighted by atomic mass is 32.2. The molecule has 4 nitrogen and oxygen atoms in total. The van der Waals surface area contributed by atoms with Crippen molar-refractivity contribution in [3.63, 3.8) is 0 Å². The molecule has 1 N–H and O–H groups in total. The summed E-state index contributed by atoms with van der Waals surface area (Å²) in [7, 11) is 1.52. The highest BCUT2D eigenvalue weighted by Gasteiger charge is 2.26. The Morgan fingerprint density at radius 3 is 2.42 bits per heavy atom. The van der Waals surface area contributed by atoms with Crippen molar-refractivity contribution < 1.29 is 14.0 Å². The van der Waals surface area contributed by atoms with E-state index in [-0.39, 0.29) is 29.9 Å². The second kappa shape index (κ2) is 9.38. The van der Waals surface area contributed by atoms with Gasteiger partial charge in [0.1, 0.15) is 11.9 Å². The van der Waals surface area contributed by atoms with Crippen LogP contribution in [0.5, 0.6) is 0 Å². The first-order chi connectivity index (χ1) is 12.4. The van der Waals surface area contributed by atoms with Crippen LogP contribution in [0.15, 0.2) is 53.4 Å². The number of nitrogens with one attached hydrogen (secondary N) is 1. The van der Waals surface area contributed by atoms with Crippen LogP contribution in [0, 0.1) is 12.7 Å². The van der Waals surface area contributed by atoms with Gasteiger partial charge in [-0.25, -0.2) is 4.39 Å². The number of carbonyl (C=O) groups excluding carboxylic acids is 2. The zero-order chi connectivity index (χ0) is 19.1. The first-order valence-corrected chi connectivity index (χ1v) is 9.35. The van der Waals surface area contributed by atoms with Gasteiger partial charge < -0.3 is 10.2 Å². The number of halogens is 1. The van der Waals surface area contributed by atoms with E-state index in [4.69, 9.17) is 0 Å². The number of hydrogen-bond donors (Lipinski definition) is 1. The number of carbonyl (C=O) groups is 2. The fourth-order valence-electron chi connectivity index (χ4n) is 2.46. The number of likely N-dealkylation sites (N-methyl/N-ethyl adjacent to an activating group) is 1. The Hall–Kier alpha value is -2.34. The number of benzene rings is 2. The quantitative estimate of drug-likeness (QED) is 0.756. The molecule has 2 rings (SSSR count). The zero-order valence-electron chi connectivity index (χ0n) is 15.2. The minimum Gasteiger partial charge on any atom is -0.357 e. The molecule has 0 saturated heterocycles. The normalized spacial score (nSPS) is 11.7. The Bertz CT molecular complexity index is 765. The van der Waals surface area contributed by atoms with Gasteiger partial charge in [0.05, 0.1) is 5.75 Å². The lowest BCUT2D eigenvalue weighted by atomic mass is 10.1. The minimum absolute atomic E-state index is 0.0501. The number of aryl methyl sites for hydroxylation is 1. The van der Waals surface area contributed by atoms with Crippen LogP contribution in [0.2, 0.25) is 0 Å². The van der Waals surface area contributed by atoms with Gasteiger partial charge in [-0.15, -0.1) is 11.8 Å². The summed E-state index contributed by atoms with van der Waals surface area (Å²) in [6.45, 7) is 3.70. The molecule has 1 atom stereocenters. The molecule has 0 saturated carbocycles. The standard InChI is InChI=1S/C20H23FN2O2S/c1-14-8-10-17(11-9-14)26-13-19(24)23(15(2)20(25)22-3)12-16-6-4-5-7-18(16)21/h4-11,15H,12-13H2,1-3H3,(H,22,25)/t15-/m1/s1. The van der Waals surface area contributed by atoms with Crippen LogP contribution in [0.3, 0.4) is 0 Å². The van der Waals surface area contributed by atoms with Gasteiger partial charge in [-0.3, -0.25) is 9.59 Å². The molecule has 2 amide bonds. The molecule has 138 valence electrons. The number of hydrogen-bond acceptors (Lipinski definition) is 3. The van der Waals surface area contributed by atoms with Gasteiger partial charge in [0, 0.05) is 24.1 Å². The molecule has 0 radical (unpaired) electrons. The second-order valence-corrected chi connectivity index (χ2v) is 7.05. The van der Waals surface area contributed by atoms with Gasteiger partial charge in [-0.1, -0.05) is 35.9 Å². The maximum absolute atomic E-state index is 14.0. The minimum atomic E-state index is -0.689. The van der Waals surface area contributed by atoms with Gasteiger partial charge in [0.2, 0.25) is 11.8 Å². The topological polar surface area (TPSA) is 49.4 Å². The number of thioether (sulfide) groups is 1. The molecule has 0 unspecified atom stereocenters. The van der Waals surface area contributed by atoms with Crippen LogP contribution < -0.4 is 5.32 Å². The fourth-order valence-corrected chi connectivity index (χ4v) is 3.25. The monoisotopic (exact) mass is 374 g/mol. The summed E-state index contributed by atoms with van der Waals surface area (Å²) in [6, 6.07) is 13.5. The van der Waals surface area contributed by atoms with Crippen LogP contribution in [-0.4, -0.2) is 35.6 Å². The lowest BCUT2D eigenvalue weighted by molar-refractivity contribution is -0.138. The Kier molecular flexibility index (Phi) is 7.21. The summed E-state index contributed by atoms with van der Waals surface area (Å²) in [5.74, 6) is -0.704. The van der Waals surface area contributed by atoms with E-state index in [0.717, 1.165) is 10.5 Å². The summed E-state index contributed by atoms with van der Waals surface area (Å²) in [5, 5.41) is 2.55. The molecular formula is C20H23FN2O2S. The maximum atomic E-state index is 14.0. The number of rotatable bonds is 7. The highest BCUT2D eigenvalue weighted by molar-refractivity contribution is 8.00. The molecule has 0 heterocycles. The third kappa shape index (κ3) is 5.33. The van der Waals surface area contributed by atoms with E-state index < -0.39 is 6.04 Å². The van der Waals surface area contributed by atoms with Crippen molar-refractivity contribution in [1.82, 2.24) is 10.2 Å². The van der Waals surface area contributed by atoms with Crippen molar-refractivity contribution in [2.24, 2.45) is 0 Å². The van der Waals surface area contributed by atoms with Crippen LogP contribution in [0.4, 0.5) is 4.39 Å². The predicted molar refractivity (Wildman–Crippen MR) is 102 cm³/mol. The van der Waals surface area contributed by atoms with E-state index in [0.29, 0.717) is 5.56 Å². The zero-order valence-corrected chi connectivity index (χ0v) is 16.0. The van der Waals surface area contributed by atoms with Crippen molar-refractivity contribution in [3.05, 3.63) is 65.5 Å². The summed E-state index contributed by atoms with van der Waals surface area (Å²) in [6.07, 6.45) is 0. The molecule has 0 aliphatic rings. The highest BCUT2D eigenvalue weighted by Crippen LogP contribution is 2.20. The third-order valence-corrected chi connectivity index (χ3v) is 5.09. The number of nitrogens with zero attached hydrogens (tertiary/aromatic N) is 1. The van der Waals surface area contributed by atoms with Crippen molar-refractivity contribution in [1.29, 1.82) is 0 Å². The van der Waals surface area contributed by atoms with Gasteiger partial charge in [0.25, 0.3) is 0 Å². The van der Waals surface area contributed by atoms with Crippen LogP contribution >= 0.6 is 11.8 Å². The SMILES string of the molecule is CNC(=O)[C@@H](C)N(Cc1ccccc1F)C(=O)CSc1ccc(C)cc1. The van der Waals surface area contributed by atoms with Gasteiger partial charge in [-0.2, -0.15) is 0 Å². The Morgan fingerprint density at radius 1 is 1.15 bits per heavy atom. The predicted octanol–water partition coefficient (Wildman–Crippen LogP) is 3.39. The van der Waals surface area contributed by atoms with Crippen LogP contribution in [-0.2, 0) is 16.1 Å². The van der Waals surface area contributed by atoms with Crippen molar-refractivity contribution >= 4 is 23.6 Å². The Balaban J connectivity index is 2.13.